The number of carbonyl (C=O) groups excluding carboxylic acids is 3. The lowest BCUT2D eigenvalue weighted by Gasteiger charge is -2.34. The van der Waals surface area contributed by atoms with Crippen molar-refractivity contribution >= 4 is 46.5 Å². The molecule has 0 N–H and O–H groups in total. The maximum absolute atomic E-state index is 13.5. The Morgan fingerprint density at radius 1 is 1.08 bits per heavy atom. The first-order chi connectivity index (χ1) is 17.6. The van der Waals surface area contributed by atoms with Crippen molar-refractivity contribution in [3.63, 3.8) is 0 Å². The molecule has 2 aliphatic heterocycles. The van der Waals surface area contributed by atoms with Crippen LogP contribution in [-0.4, -0.2) is 66.6 Å². The predicted molar refractivity (Wildman–Crippen MR) is 145 cm³/mol. The highest BCUT2D eigenvalue weighted by Gasteiger charge is 2.33. The Bertz CT molecular complexity index is 1150. The van der Waals surface area contributed by atoms with E-state index in [1.165, 1.54) is 11.3 Å². The second-order valence-corrected chi connectivity index (χ2v) is 12.2. The van der Waals surface area contributed by atoms with Crippen LogP contribution in [0.5, 0.6) is 5.75 Å². The van der Waals surface area contributed by atoms with E-state index in [0.29, 0.717) is 40.5 Å². The number of rotatable bonds is 5. The molecule has 3 heterocycles. The summed E-state index contributed by atoms with van der Waals surface area (Å²) in [6.45, 7) is 7.66. The van der Waals surface area contributed by atoms with Gasteiger partial charge in [0.05, 0.1) is 28.6 Å². The SMILES string of the molecule is COc1cccc2c1CN(C(=O)c1ccc(Cl)s1)CC(=O)N2CCC1CCN(C(=O)OC(C)(C)C)CC1. The van der Waals surface area contributed by atoms with E-state index in [2.05, 4.69) is 0 Å². The second-order valence-electron chi connectivity index (χ2n) is 10.5. The zero-order chi connectivity index (χ0) is 26.7. The molecule has 1 aromatic carbocycles. The largest absolute Gasteiger partial charge is 0.496 e. The van der Waals surface area contributed by atoms with Crippen molar-refractivity contribution in [3.05, 3.63) is 45.1 Å². The number of hydrogen-bond donors (Lipinski definition) is 0. The standard InChI is InChI=1S/C27H34ClN3O5S/c1-27(2,3)36-26(34)29-13-10-18(11-14-29)12-15-31-20-6-5-7-21(35-4)19(20)16-30(17-24(31)32)25(33)22-8-9-23(28)37-22/h5-9,18H,10-17H2,1-4H3. The van der Waals surface area contributed by atoms with Gasteiger partial charge in [0.1, 0.15) is 17.9 Å². The van der Waals surface area contributed by atoms with Gasteiger partial charge in [-0.1, -0.05) is 17.7 Å². The highest BCUT2D eigenvalue weighted by atomic mass is 35.5. The number of piperidine rings is 1. The number of thiophene rings is 1. The molecule has 2 aromatic rings. The fourth-order valence-electron chi connectivity index (χ4n) is 4.80. The lowest BCUT2D eigenvalue weighted by molar-refractivity contribution is -0.119. The Morgan fingerprint density at radius 2 is 1.81 bits per heavy atom. The van der Waals surface area contributed by atoms with Crippen molar-refractivity contribution in [1.82, 2.24) is 9.80 Å². The third-order valence-electron chi connectivity index (χ3n) is 6.69. The summed E-state index contributed by atoms with van der Waals surface area (Å²) < 4.78 is 11.6. The van der Waals surface area contributed by atoms with Crippen LogP contribution in [0, 0.1) is 5.92 Å². The molecule has 0 bridgehead atoms. The van der Waals surface area contributed by atoms with Gasteiger partial charge in [0.2, 0.25) is 5.91 Å². The molecule has 0 aliphatic carbocycles. The summed E-state index contributed by atoms with van der Waals surface area (Å²) in [5.41, 5.74) is 1.07. The molecule has 0 radical (unpaired) electrons. The van der Waals surface area contributed by atoms with Gasteiger partial charge in [0, 0.05) is 25.2 Å². The van der Waals surface area contributed by atoms with E-state index < -0.39 is 5.60 Å². The average Bonchev–Trinajstić information content (AvgIpc) is 3.23. The van der Waals surface area contributed by atoms with E-state index in [1.807, 2.05) is 39.0 Å². The van der Waals surface area contributed by atoms with Crippen LogP contribution in [0.3, 0.4) is 0 Å². The minimum atomic E-state index is -0.513. The maximum atomic E-state index is 13.5. The van der Waals surface area contributed by atoms with Gasteiger partial charge in [-0.05, 0) is 70.2 Å². The fourth-order valence-corrected chi connectivity index (χ4v) is 5.81. The number of methoxy groups -OCH3 is 1. The van der Waals surface area contributed by atoms with Crippen molar-refractivity contribution in [1.29, 1.82) is 0 Å². The second kappa shape index (κ2) is 11.3. The van der Waals surface area contributed by atoms with Crippen LogP contribution in [-0.2, 0) is 16.1 Å². The summed E-state index contributed by atoms with van der Waals surface area (Å²) in [7, 11) is 1.59. The molecular weight excluding hydrogens is 514 g/mol. The lowest BCUT2D eigenvalue weighted by Crippen LogP contribution is -2.43. The minimum Gasteiger partial charge on any atom is -0.496 e. The first kappa shape index (κ1) is 27.3. The van der Waals surface area contributed by atoms with Crippen molar-refractivity contribution < 1.29 is 23.9 Å². The average molecular weight is 548 g/mol. The van der Waals surface area contributed by atoms with Crippen molar-refractivity contribution in [3.8, 4) is 5.75 Å². The van der Waals surface area contributed by atoms with Crippen molar-refractivity contribution in [2.24, 2.45) is 5.92 Å². The number of nitrogens with zero attached hydrogens (tertiary/aromatic N) is 3. The summed E-state index contributed by atoms with van der Waals surface area (Å²) in [6.07, 6.45) is 2.25. The predicted octanol–water partition coefficient (Wildman–Crippen LogP) is 5.44. The van der Waals surface area contributed by atoms with E-state index in [4.69, 9.17) is 21.1 Å². The number of anilines is 1. The van der Waals surface area contributed by atoms with Crippen LogP contribution in [0.25, 0.3) is 0 Å². The molecule has 1 saturated heterocycles. The number of hydrogen-bond acceptors (Lipinski definition) is 6. The molecule has 0 saturated carbocycles. The van der Waals surface area contributed by atoms with Gasteiger partial charge in [-0.3, -0.25) is 9.59 Å². The molecule has 37 heavy (non-hydrogen) atoms. The summed E-state index contributed by atoms with van der Waals surface area (Å²) in [5.74, 6) is 0.673. The van der Waals surface area contributed by atoms with E-state index >= 15 is 0 Å². The summed E-state index contributed by atoms with van der Waals surface area (Å²) in [6, 6.07) is 9.01. The number of halogens is 1. The zero-order valence-electron chi connectivity index (χ0n) is 21.8. The van der Waals surface area contributed by atoms with Crippen LogP contribution < -0.4 is 9.64 Å². The summed E-state index contributed by atoms with van der Waals surface area (Å²) >= 11 is 7.25. The Balaban J connectivity index is 1.46. The molecule has 0 atom stereocenters. The lowest BCUT2D eigenvalue weighted by atomic mass is 9.93. The fraction of sp³-hybridized carbons (Fsp3) is 0.519. The molecule has 3 amide bonds. The van der Waals surface area contributed by atoms with Crippen molar-refractivity contribution in [2.45, 2.75) is 52.2 Å². The van der Waals surface area contributed by atoms with Gasteiger partial charge in [0.15, 0.2) is 0 Å². The Morgan fingerprint density at radius 3 is 2.43 bits per heavy atom. The van der Waals surface area contributed by atoms with Gasteiger partial charge in [-0.2, -0.15) is 0 Å². The van der Waals surface area contributed by atoms with Gasteiger partial charge < -0.3 is 24.2 Å². The van der Waals surface area contributed by atoms with E-state index in [-0.39, 0.29) is 31.0 Å². The van der Waals surface area contributed by atoms with E-state index in [1.54, 1.807) is 33.9 Å². The molecule has 8 nitrogen and oxygen atoms in total. The van der Waals surface area contributed by atoms with Gasteiger partial charge in [0.25, 0.3) is 5.91 Å². The summed E-state index contributed by atoms with van der Waals surface area (Å²) in [5, 5.41) is 0. The third kappa shape index (κ3) is 6.57. The highest BCUT2D eigenvalue weighted by Crippen LogP contribution is 2.35. The smallest absolute Gasteiger partial charge is 0.410 e. The maximum Gasteiger partial charge on any atom is 0.410 e. The topological polar surface area (TPSA) is 79.4 Å². The number of likely N-dealkylation sites (tertiary alicyclic amines) is 1. The Kier molecular flexibility index (Phi) is 8.33. The molecule has 0 unspecified atom stereocenters. The normalized spacial score (nSPS) is 16.9. The molecule has 10 heteroatoms. The van der Waals surface area contributed by atoms with E-state index in [0.717, 1.165) is 30.5 Å². The number of fused-ring (bicyclic) bond motifs is 1. The zero-order valence-corrected chi connectivity index (χ0v) is 23.4. The van der Waals surface area contributed by atoms with Crippen LogP contribution in [0.2, 0.25) is 4.34 Å². The van der Waals surface area contributed by atoms with Gasteiger partial charge in [-0.25, -0.2) is 4.79 Å². The summed E-state index contributed by atoms with van der Waals surface area (Å²) in [4.78, 5) is 44.7. The molecule has 1 aromatic heterocycles. The molecular formula is C27H34ClN3O5S. The monoisotopic (exact) mass is 547 g/mol. The van der Waals surface area contributed by atoms with Crippen LogP contribution in [0.4, 0.5) is 10.5 Å². The molecule has 200 valence electrons. The van der Waals surface area contributed by atoms with E-state index in [9.17, 15) is 14.4 Å². The molecule has 2 aliphatic rings. The number of benzene rings is 1. The van der Waals surface area contributed by atoms with Crippen molar-refractivity contribution in [2.75, 3.05) is 38.2 Å². The van der Waals surface area contributed by atoms with Gasteiger partial charge in [-0.15, -0.1) is 11.3 Å². The first-order valence-electron chi connectivity index (χ1n) is 12.5. The molecule has 1 fully saturated rings. The number of ether oxygens (including phenoxy) is 2. The molecule has 4 rings (SSSR count). The first-order valence-corrected chi connectivity index (χ1v) is 13.7. The van der Waals surface area contributed by atoms with Crippen LogP contribution >= 0.6 is 22.9 Å². The quantitative estimate of drug-likeness (QED) is 0.498. The van der Waals surface area contributed by atoms with Gasteiger partial charge >= 0.3 is 6.09 Å². The Labute approximate surface area is 227 Å². The molecule has 0 spiro atoms. The Hall–Kier alpha value is -2.78. The highest BCUT2D eigenvalue weighted by molar-refractivity contribution is 7.17. The minimum absolute atomic E-state index is 0.0245. The third-order valence-corrected chi connectivity index (χ3v) is 7.91. The number of amides is 3. The number of carbonyl (C=O) groups is 3. The van der Waals surface area contributed by atoms with Crippen LogP contribution in [0.1, 0.15) is 55.3 Å². The van der Waals surface area contributed by atoms with Crippen LogP contribution in [0.15, 0.2) is 30.3 Å².